The molecule has 0 saturated heterocycles. The zero-order valence-electron chi connectivity index (χ0n) is 9.79. The zero-order valence-corrected chi connectivity index (χ0v) is 12.2. The Labute approximate surface area is 120 Å². The number of nitrogens with one attached hydrogen (secondary N) is 1. The fourth-order valence-corrected chi connectivity index (χ4v) is 2.77. The minimum absolute atomic E-state index is 0.426. The number of halogens is 4. The van der Waals surface area contributed by atoms with Gasteiger partial charge in [-0.2, -0.15) is 13.2 Å². The Morgan fingerprint density at radius 3 is 2.68 bits per heavy atom. The maximum atomic E-state index is 12.6. The van der Waals surface area contributed by atoms with Gasteiger partial charge in [0.05, 0.1) is 0 Å². The maximum Gasteiger partial charge on any atom is 0.443 e. The van der Waals surface area contributed by atoms with E-state index in [1.807, 2.05) is 6.92 Å². The topological polar surface area (TPSA) is 38.1 Å². The van der Waals surface area contributed by atoms with Gasteiger partial charge in [0.15, 0.2) is 9.68 Å². The Kier molecular flexibility index (Phi) is 4.32. The molecule has 0 spiro atoms. The molecule has 0 radical (unpaired) electrons. The van der Waals surface area contributed by atoms with E-state index in [9.17, 15) is 13.2 Å². The lowest BCUT2D eigenvalue weighted by Crippen LogP contribution is -2.20. The molecule has 0 aliphatic heterocycles. The molecule has 0 bridgehead atoms. The van der Waals surface area contributed by atoms with Gasteiger partial charge in [-0.1, -0.05) is 6.92 Å². The van der Waals surface area contributed by atoms with E-state index in [1.54, 1.807) is 12.1 Å². The van der Waals surface area contributed by atoms with Crippen LogP contribution in [0.2, 0.25) is 0 Å². The van der Waals surface area contributed by atoms with Crippen molar-refractivity contribution in [3.8, 4) is 0 Å². The van der Waals surface area contributed by atoms with E-state index in [4.69, 9.17) is 4.42 Å². The van der Waals surface area contributed by atoms with Gasteiger partial charge in [-0.15, -0.1) is 11.3 Å². The van der Waals surface area contributed by atoms with E-state index in [0.717, 1.165) is 0 Å². The van der Waals surface area contributed by atoms with Gasteiger partial charge in [0.1, 0.15) is 11.8 Å². The third-order valence-electron chi connectivity index (χ3n) is 2.34. The highest BCUT2D eigenvalue weighted by Gasteiger charge is 2.35. The van der Waals surface area contributed by atoms with E-state index in [2.05, 4.69) is 26.2 Å². The average molecular weight is 355 g/mol. The van der Waals surface area contributed by atoms with Gasteiger partial charge < -0.3 is 9.73 Å². The molecule has 2 rings (SSSR count). The molecule has 19 heavy (non-hydrogen) atoms. The lowest BCUT2D eigenvalue weighted by atomic mass is 10.2. The van der Waals surface area contributed by atoms with E-state index in [-0.39, 0.29) is 0 Å². The number of thiazole rings is 1. The molecule has 2 heterocycles. The molecule has 0 aliphatic carbocycles. The molecule has 0 amide bonds. The second kappa shape index (κ2) is 5.64. The van der Waals surface area contributed by atoms with E-state index in [1.165, 1.54) is 6.20 Å². The predicted molar refractivity (Wildman–Crippen MR) is 69.0 cm³/mol. The highest BCUT2D eigenvalue weighted by atomic mass is 79.9. The van der Waals surface area contributed by atoms with Gasteiger partial charge in [0, 0.05) is 11.1 Å². The van der Waals surface area contributed by atoms with Crippen LogP contribution in [0.3, 0.4) is 0 Å². The molecule has 1 atom stereocenters. The number of hydrogen-bond donors (Lipinski definition) is 1. The van der Waals surface area contributed by atoms with Gasteiger partial charge in [0.25, 0.3) is 0 Å². The standard InChI is InChI=1S/C11H10BrF3N2OS/c1-2-16-9(6-3-4-8(12)18-6)7-5-17-10(19-7)11(13,14)15/h3-5,9,16H,2H2,1H3. The number of rotatable bonds is 4. The Balaban J connectivity index is 2.32. The molecule has 0 fully saturated rings. The largest absolute Gasteiger partial charge is 0.452 e. The van der Waals surface area contributed by atoms with Crippen LogP contribution < -0.4 is 5.32 Å². The van der Waals surface area contributed by atoms with Crippen LogP contribution in [0.5, 0.6) is 0 Å². The Morgan fingerprint density at radius 1 is 1.47 bits per heavy atom. The first-order chi connectivity index (χ1) is 8.91. The van der Waals surface area contributed by atoms with Crippen LogP contribution in [0.1, 0.15) is 28.6 Å². The minimum atomic E-state index is -4.41. The molecule has 1 N–H and O–H groups in total. The van der Waals surface area contributed by atoms with Gasteiger partial charge >= 0.3 is 6.18 Å². The van der Waals surface area contributed by atoms with Crippen LogP contribution in [0.4, 0.5) is 13.2 Å². The summed E-state index contributed by atoms with van der Waals surface area (Å²) in [5.74, 6) is 0.547. The van der Waals surface area contributed by atoms with Crippen molar-refractivity contribution in [2.45, 2.75) is 19.1 Å². The second-order valence-corrected chi connectivity index (χ2v) is 5.54. The summed E-state index contributed by atoms with van der Waals surface area (Å²) in [7, 11) is 0. The Morgan fingerprint density at radius 2 is 2.21 bits per heavy atom. The maximum absolute atomic E-state index is 12.6. The van der Waals surface area contributed by atoms with E-state index >= 15 is 0 Å². The molecule has 1 unspecified atom stereocenters. The van der Waals surface area contributed by atoms with Crippen molar-refractivity contribution < 1.29 is 17.6 Å². The average Bonchev–Trinajstić information content (AvgIpc) is 2.93. The summed E-state index contributed by atoms with van der Waals surface area (Å²) >= 11 is 3.79. The second-order valence-electron chi connectivity index (χ2n) is 3.70. The summed E-state index contributed by atoms with van der Waals surface area (Å²) in [6, 6.07) is 2.99. The highest BCUT2D eigenvalue weighted by Crippen LogP contribution is 2.36. The summed E-state index contributed by atoms with van der Waals surface area (Å²) in [6.07, 6.45) is -3.18. The number of furan rings is 1. The quantitative estimate of drug-likeness (QED) is 0.893. The first kappa shape index (κ1) is 14.5. The van der Waals surface area contributed by atoms with Crippen LogP contribution in [-0.2, 0) is 6.18 Å². The van der Waals surface area contributed by atoms with Gasteiger partial charge in [-0.25, -0.2) is 4.98 Å². The van der Waals surface area contributed by atoms with Crippen LogP contribution >= 0.6 is 27.3 Å². The molecular formula is C11H10BrF3N2OS. The number of alkyl halides is 3. The molecule has 2 aromatic heterocycles. The number of nitrogens with zero attached hydrogens (tertiary/aromatic N) is 1. The van der Waals surface area contributed by atoms with Gasteiger partial charge in [0.2, 0.25) is 0 Å². The lowest BCUT2D eigenvalue weighted by Gasteiger charge is -2.12. The van der Waals surface area contributed by atoms with Crippen molar-refractivity contribution in [1.29, 1.82) is 0 Å². The molecule has 0 aromatic carbocycles. The molecule has 0 aliphatic rings. The third-order valence-corrected chi connectivity index (χ3v) is 3.87. The molecule has 104 valence electrons. The number of aromatic nitrogens is 1. The smallest absolute Gasteiger partial charge is 0.443 e. The molecule has 3 nitrogen and oxygen atoms in total. The summed E-state index contributed by atoms with van der Waals surface area (Å²) in [5, 5.41) is 2.23. The normalized spacial score (nSPS) is 13.7. The van der Waals surface area contributed by atoms with Crippen molar-refractivity contribution in [3.05, 3.63) is 38.6 Å². The van der Waals surface area contributed by atoms with Crippen molar-refractivity contribution in [1.82, 2.24) is 10.3 Å². The summed E-state index contributed by atoms with van der Waals surface area (Å²) < 4.78 is 43.6. The highest BCUT2D eigenvalue weighted by molar-refractivity contribution is 9.10. The molecule has 8 heteroatoms. The molecular weight excluding hydrogens is 345 g/mol. The number of hydrogen-bond acceptors (Lipinski definition) is 4. The van der Waals surface area contributed by atoms with Crippen LogP contribution in [-0.4, -0.2) is 11.5 Å². The van der Waals surface area contributed by atoms with Crippen LogP contribution in [0.15, 0.2) is 27.4 Å². The van der Waals surface area contributed by atoms with Crippen molar-refractivity contribution in [3.63, 3.8) is 0 Å². The van der Waals surface area contributed by atoms with Crippen LogP contribution in [0, 0.1) is 0 Å². The first-order valence-corrected chi connectivity index (χ1v) is 7.04. The van der Waals surface area contributed by atoms with E-state index in [0.29, 0.717) is 33.2 Å². The van der Waals surface area contributed by atoms with Crippen LogP contribution in [0.25, 0.3) is 0 Å². The first-order valence-electron chi connectivity index (χ1n) is 5.43. The summed E-state index contributed by atoms with van der Waals surface area (Å²) in [4.78, 5) is 3.89. The fraction of sp³-hybridized carbons (Fsp3) is 0.364. The van der Waals surface area contributed by atoms with E-state index < -0.39 is 17.2 Å². The van der Waals surface area contributed by atoms with Crippen molar-refractivity contribution in [2.24, 2.45) is 0 Å². The monoisotopic (exact) mass is 354 g/mol. The molecule has 2 aromatic rings. The summed E-state index contributed by atoms with van der Waals surface area (Å²) in [6.45, 7) is 2.47. The molecule has 0 saturated carbocycles. The van der Waals surface area contributed by atoms with Gasteiger partial charge in [-0.05, 0) is 34.6 Å². The van der Waals surface area contributed by atoms with Crippen molar-refractivity contribution >= 4 is 27.3 Å². The van der Waals surface area contributed by atoms with Gasteiger partial charge in [-0.3, -0.25) is 0 Å². The third kappa shape index (κ3) is 3.37. The zero-order chi connectivity index (χ0) is 14.0. The predicted octanol–water partition coefficient (Wildman–Crippen LogP) is 4.22. The SMILES string of the molecule is CCNC(c1ccc(Br)o1)c1cnc(C(F)(F)F)s1. The Hall–Kier alpha value is -0.860. The Bertz CT molecular complexity index is 552. The fourth-order valence-electron chi connectivity index (χ4n) is 1.58. The summed E-state index contributed by atoms with van der Waals surface area (Å²) in [5.41, 5.74) is 0. The minimum Gasteiger partial charge on any atom is -0.452 e. The lowest BCUT2D eigenvalue weighted by molar-refractivity contribution is -0.137. The van der Waals surface area contributed by atoms with Crippen molar-refractivity contribution in [2.75, 3.05) is 6.54 Å².